The molecule has 0 saturated carbocycles. The fourth-order valence-electron chi connectivity index (χ4n) is 3.10. The molecule has 0 N–H and O–H groups in total. The second-order valence-electron chi connectivity index (χ2n) is 6.06. The maximum atomic E-state index is 13.7. The molecule has 1 aliphatic heterocycles. The minimum absolute atomic E-state index is 0.0168. The predicted octanol–water partition coefficient (Wildman–Crippen LogP) is 3.34. The number of aromatic nitrogens is 1. The van der Waals surface area contributed by atoms with E-state index in [1.165, 1.54) is 12.1 Å². The van der Waals surface area contributed by atoms with Gasteiger partial charge in [-0.2, -0.15) is 0 Å². The minimum Gasteiger partial charge on any atom is -0.378 e. The van der Waals surface area contributed by atoms with Crippen molar-refractivity contribution in [2.45, 2.75) is 31.4 Å². The van der Waals surface area contributed by atoms with Crippen molar-refractivity contribution in [3.63, 3.8) is 0 Å². The molecular weight excluding hydrogens is 307 g/mol. The molecule has 0 spiro atoms. The lowest BCUT2D eigenvalue weighted by molar-refractivity contribution is -0.133. The van der Waals surface area contributed by atoms with Crippen molar-refractivity contribution in [2.24, 2.45) is 0 Å². The van der Waals surface area contributed by atoms with Crippen LogP contribution in [0.2, 0.25) is 0 Å². The Balaban J connectivity index is 1.87. The number of halogens is 1. The van der Waals surface area contributed by atoms with Crippen molar-refractivity contribution in [3.05, 3.63) is 65.7 Å². The van der Waals surface area contributed by atoms with E-state index in [4.69, 9.17) is 4.74 Å². The van der Waals surface area contributed by atoms with E-state index in [1.54, 1.807) is 24.2 Å². The number of ether oxygens (including phenoxy) is 1. The predicted molar refractivity (Wildman–Crippen MR) is 88.8 cm³/mol. The molecule has 1 aromatic carbocycles. The number of carbonyl (C=O) groups excluding carboxylic acids is 1. The van der Waals surface area contributed by atoms with Gasteiger partial charge in [-0.25, -0.2) is 4.39 Å². The number of pyridine rings is 1. The van der Waals surface area contributed by atoms with Gasteiger partial charge >= 0.3 is 0 Å². The highest BCUT2D eigenvalue weighted by molar-refractivity contribution is 5.77. The highest BCUT2D eigenvalue weighted by Gasteiger charge is 2.28. The molecule has 24 heavy (non-hydrogen) atoms. The third-order valence-electron chi connectivity index (χ3n) is 4.34. The van der Waals surface area contributed by atoms with Crippen molar-refractivity contribution in [3.8, 4) is 0 Å². The molecule has 1 saturated heterocycles. The fourth-order valence-corrected chi connectivity index (χ4v) is 3.10. The Labute approximate surface area is 141 Å². The average molecular weight is 328 g/mol. The number of hydrogen-bond acceptors (Lipinski definition) is 3. The van der Waals surface area contributed by atoms with Crippen LogP contribution < -0.4 is 0 Å². The fraction of sp³-hybridized carbons (Fsp3) is 0.368. The van der Waals surface area contributed by atoms with E-state index in [0.717, 1.165) is 19.4 Å². The van der Waals surface area contributed by atoms with Crippen LogP contribution in [0.25, 0.3) is 0 Å². The quantitative estimate of drug-likeness (QED) is 0.845. The van der Waals surface area contributed by atoms with Crippen LogP contribution in [0.5, 0.6) is 0 Å². The van der Waals surface area contributed by atoms with Crippen molar-refractivity contribution in [2.75, 3.05) is 13.7 Å². The Morgan fingerprint density at radius 3 is 2.92 bits per heavy atom. The average Bonchev–Trinajstić information content (AvgIpc) is 3.09. The SMILES string of the molecule is CN(C(=O)C[C@@H]1CCCO1)[C@@H](c1cccc(F)c1)c1ccccn1. The normalized spacial score (nSPS) is 18.3. The number of amides is 1. The molecule has 2 heterocycles. The van der Waals surface area contributed by atoms with Crippen LogP contribution >= 0.6 is 0 Å². The topological polar surface area (TPSA) is 42.4 Å². The minimum atomic E-state index is -0.421. The number of benzene rings is 1. The van der Waals surface area contributed by atoms with Gasteiger partial charge in [0.1, 0.15) is 5.82 Å². The first kappa shape index (κ1) is 16.6. The Morgan fingerprint density at radius 1 is 1.38 bits per heavy atom. The molecule has 4 nitrogen and oxygen atoms in total. The van der Waals surface area contributed by atoms with Gasteiger partial charge in [0.25, 0.3) is 0 Å². The van der Waals surface area contributed by atoms with Gasteiger partial charge in [0.05, 0.1) is 24.3 Å². The lowest BCUT2D eigenvalue weighted by atomic mass is 10.0. The third kappa shape index (κ3) is 3.79. The van der Waals surface area contributed by atoms with Crippen molar-refractivity contribution >= 4 is 5.91 Å². The number of nitrogens with zero attached hydrogens (tertiary/aromatic N) is 2. The lowest BCUT2D eigenvalue weighted by Crippen LogP contribution is -2.34. The molecule has 1 aliphatic rings. The first-order valence-electron chi connectivity index (χ1n) is 8.19. The summed E-state index contributed by atoms with van der Waals surface area (Å²) in [6.45, 7) is 0.717. The van der Waals surface area contributed by atoms with Crippen LogP contribution in [0, 0.1) is 5.82 Å². The van der Waals surface area contributed by atoms with Gasteiger partial charge in [0.15, 0.2) is 0 Å². The van der Waals surface area contributed by atoms with Gasteiger partial charge in [0.2, 0.25) is 5.91 Å². The summed E-state index contributed by atoms with van der Waals surface area (Å²) in [4.78, 5) is 18.7. The molecule has 0 bridgehead atoms. The van der Waals surface area contributed by atoms with Gasteiger partial charge in [-0.15, -0.1) is 0 Å². The number of carbonyl (C=O) groups is 1. The molecule has 0 radical (unpaired) electrons. The standard InChI is InChI=1S/C19H21FN2O2/c1-22(18(23)13-16-8-5-11-24-16)19(17-9-2-3-10-21-17)14-6-4-7-15(20)12-14/h2-4,6-7,9-10,12,16,19H,5,8,11,13H2,1H3/t16-,19-/m0/s1. The Hall–Kier alpha value is -2.27. The summed E-state index contributed by atoms with van der Waals surface area (Å²) in [5.41, 5.74) is 1.42. The van der Waals surface area contributed by atoms with Gasteiger partial charge in [-0.05, 0) is 42.7 Å². The van der Waals surface area contributed by atoms with Crippen LogP contribution in [0.3, 0.4) is 0 Å². The summed E-state index contributed by atoms with van der Waals surface area (Å²) in [7, 11) is 1.74. The van der Waals surface area contributed by atoms with Crippen LogP contribution in [0.4, 0.5) is 4.39 Å². The van der Waals surface area contributed by atoms with Crippen LogP contribution in [0.1, 0.15) is 36.6 Å². The van der Waals surface area contributed by atoms with E-state index in [1.807, 2.05) is 24.3 Å². The Morgan fingerprint density at radius 2 is 2.25 bits per heavy atom. The summed E-state index contributed by atoms with van der Waals surface area (Å²) in [5.74, 6) is -0.352. The Bertz CT molecular complexity index is 687. The largest absolute Gasteiger partial charge is 0.378 e. The monoisotopic (exact) mass is 328 g/mol. The zero-order valence-electron chi connectivity index (χ0n) is 13.7. The van der Waals surface area contributed by atoms with Crippen LogP contribution in [-0.4, -0.2) is 35.5 Å². The zero-order valence-corrected chi connectivity index (χ0v) is 13.7. The lowest BCUT2D eigenvalue weighted by Gasteiger charge is -2.29. The first-order valence-corrected chi connectivity index (χ1v) is 8.19. The summed E-state index contributed by atoms with van der Waals surface area (Å²) in [6.07, 6.45) is 3.91. The molecule has 5 heteroatoms. The molecule has 0 aliphatic carbocycles. The molecule has 1 amide bonds. The van der Waals surface area contributed by atoms with E-state index in [2.05, 4.69) is 4.98 Å². The van der Waals surface area contributed by atoms with Crippen LogP contribution in [-0.2, 0) is 9.53 Å². The summed E-state index contributed by atoms with van der Waals surface area (Å²) < 4.78 is 19.3. The van der Waals surface area contributed by atoms with Crippen LogP contribution in [0.15, 0.2) is 48.7 Å². The van der Waals surface area contributed by atoms with E-state index in [0.29, 0.717) is 17.7 Å². The maximum absolute atomic E-state index is 13.7. The van der Waals surface area contributed by atoms with Crippen molar-refractivity contribution in [1.29, 1.82) is 0 Å². The summed E-state index contributed by atoms with van der Waals surface area (Å²) in [5, 5.41) is 0. The second kappa shape index (κ2) is 7.53. The molecule has 3 rings (SSSR count). The number of hydrogen-bond donors (Lipinski definition) is 0. The maximum Gasteiger partial charge on any atom is 0.225 e. The van der Waals surface area contributed by atoms with Gasteiger partial charge < -0.3 is 9.64 Å². The van der Waals surface area contributed by atoms with Gasteiger partial charge in [-0.1, -0.05) is 18.2 Å². The van der Waals surface area contributed by atoms with Gasteiger partial charge in [-0.3, -0.25) is 9.78 Å². The van der Waals surface area contributed by atoms with Crippen molar-refractivity contribution in [1.82, 2.24) is 9.88 Å². The molecule has 2 aromatic rings. The number of rotatable bonds is 5. The molecule has 0 unspecified atom stereocenters. The summed E-state index contributed by atoms with van der Waals surface area (Å²) >= 11 is 0. The second-order valence-corrected chi connectivity index (χ2v) is 6.06. The zero-order chi connectivity index (χ0) is 16.9. The van der Waals surface area contributed by atoms with E-state index >= 15 is 0 Å². The molecule has 126 valence electrons. The molecule has 1 fully saturated rings. The highest BCUT2D eigenvalue weighted by atomic mass is 19.1. The molecule has 2 atom stereocenters. The van der Waals surface area contributed by atoms with Crippen molar-refractivity contribution < 1.29 is 13.9 Å². The first-order chi connectivity index (χ1) is 11.6. The molecular formula is C19H21FN2O2. The van der Waals surface area contributed by atoms with E-state index in [-0.39, 0.29) is 17.8 Å². The smallest absolute Gasteiger partial charge is 0.225 e. The third-order valence-corrected chi connectivity index (χ3v) is 4.34. The summed E-state index contributed by atoms with van der Waals surface area (Å²) in [6, 6.07) is 11.4. The molecule has 1 aromatic heterocycles. The highest BCUT2D eigenvalue weighted by Crippen LogP contribution is 2.28. The van der Waals surface area contributed by atoms with E-state index < -0.39 is 6.04 Å². The Kier molecular flexibility index (Phi) is 5.20. The van der Waals surface area contributed by atoms with Gasteiger partial charge in [0, 0.05) is 19.9 Å². The van der Waals surface area contributed by atoms with E-state index in [9.17, 15) is 9.18 Å².